The molecule has 0 amide bonds. The highest BCUT2D eigenvalue weighted by molar-refractivity contribution is 8.00. The van der Waals surface area contributed by atoms with Crippen LogP contribution in [0.3, 0.4) is 0 Å². The van der Waals surface area contributed by atoms with Crippen LogP contribution in [0.4, 0.5) is 5.95 Å². The number of aromatic nitrogens is 2. The van der Waals surface area contributed by atoms with Gasteiger partial charge in [0.1, 0.15) is 5.15 Å². The lowest BCUT2D eigenvalue weighted by molar-refractivity contribution is 0.0600. The normalized spacial score (nSPS) is 10.4. The van der Waals surface area contributed by atoms with Gasteiger partial charge in [0, 0.05) is 16.5 Å². The van der Waals surface area contributed by atoms with Gasteiger partial charge >= 0.3 is 5.97 Å². The van der Waals surface area contributed by atoms with Crippen LogP contribution in [0.1, 0.15) is 15.9 Å². The summed E-state index contributed by atoms with van der Waals surface area (Å²) >= 11 is 7.45. The Bertz CT molecular complexity index is 950. The Labute approximate surface area is 160 Å². The van der Waals surface area contributed by atoms with Gasteiger partial charge < -0.3 is 4.74 Å². The van der Waals surface area contributed by atoms with E-state index in [-0.39, 0.29) is 5.97 Å². The number of esters is 1. The largest absolute Gasteiger partial charge is 0.465 e. The minimum Gasteiger partial charge on any atom is -0.465 e. The number of nitrogens with one attached hydrogen (secondary N) is 1. The third-order valence-electron chi connectivity index (χ3n) is 3.63. The van der Waals surface area contributed by atoms with Crippen LogP contribution in [0, 0.1) is 6.92 Å². The second-order valence-corrected chi connectivity index (χ2v) is 6.70. The van der Waals surface area contributed by atoms with E-state index in [1.165, 1.54) is 19.1 Å². The molecule has 5 nitrogen and oxygen atoms in total. The molecular weight excluding hydrogens is 370 g/mol. The molecule has 7 heteroatoms. The number of hydrogen-bond acceptors (Lipinski definition) is 6. The highest BCUT2D eigenvalue weighted by Crippen LogP contribution is 2.26. The van der Waals surface area contributed by atoms with E-state index in [1.54, 1.807) is 24.3 Å². The second-order valence-electron chi connectivity index (χ2n) is 5.44. The number of carbonyl (C=O) groups excluding carboxylic acids is 1. The fourth-order valence-electron chi connectivity index (χ4n) is 2.37. The third-order valence-corrected chi connectivity index (χ3v) is 4.60. The average Bonchev–Trinajstić information content (AvgIpc) is 2.66. The van der Waals surface area contributed by atoms with Crippen molar-refractivity contribution in [2.75, 3.05) is 11.8 Å². The van der Waals surface area contributed by atoms with Crippen molar-refractivity contribution in [2.45, 2.75) is 11.8 Å². The van der Waals surface area contributed by atoms with Crippen molar-refractivity contribution in [1.82, 2.24) is 9.97 Å². The number of carbonyl (C=O) groups is 1. The van der Waals surface area contributed by atoms with Crippen molar-refractivity contribution >= 4 is 35.5 Å². The number of nitrogens with zero attached hydrogens (tertiary/aromatic N) is 2. The van der Waals surface area contributed by atoms with Gasteiger partial charge in [-0.3, -0.25) is 4.72 Å². The first-order chi connectivity index (χ1) is 12.6. The van der Waals surface area contributed by atoms with Crippen LogP contribution in [0.15, 0.2) is 59.5 Å². The molecule has 0 spiro atoms. The first kappa shape index (κ1) is 18.2. The van der Waals surface area contributed by atoms with Crippen LogP contribution in [0.25, 0.3) is 11.3 Å². The molecule has 1 aromatic heterocycles. The van der Waals surface area contributed by atoms with Crippen LogP contribution < -0.4 is 4.72 Å². The molecule has 132 valence electrons. The number of methoxy groups -OCH3 is 1. The monoisotopic (exact) mass is 385 g/mol. The molecule has 1 heterocycles. The van der Waals surface area contributed by atoms with Crippen molar-refractivity contribution in [1.29, 1.82) is 0 Å². The maximum absolute atomic E-state index is 11.6. The van der Waals surface area contributed by atoms with Crippen molar-refractivity contribution < 1.29 is 9.53 Å². The van der Waals surface area contributed by atoms with E-state index in [2.05, 4.69) is 14.7 Å². The summed E-state index contributed by atoms with van der Waals surface area (Å²) in [6, 6.07) is 16.8. The molecule has 1 N–H and O–H groups in total. The zero-order chi connectivity index (χ0) is 18.5. The summed E-state index contributed by atoms with van der Waals surface area (Å²) in [6.07, 6.45) is 0. The predicted molar refractivity (Wildman–Crippen MR) is 104 cm³/mol. The molecule has 0 radical (unpaired) electrons. The summed E-state index contributed by atoms with van der Waals surface area (Å²) in [4.78, 5) is 21.2. The van der Waals surface area contributed by atoms with E-state index >= 15 is 0 Å². The number of benzene rings is 2. The summed E-state index contributed by atoms with van der Waals surface area (Å²) in [7, 11) is 1.35. The van der Waals surface area contributed by atoms with Gasteiger partial charge in [0.15, 0.2) is 0 Å². The van der Waals surface area contributed by atoms with Gasteiger partial charge in [-0.15, -0.1) is 0 Å². The van der Waals surface area contributed by atoms with Crippen LogP contribution in [0.2, 0.25) is 5.15 Å². The SMILES string of the molecule is COC(=O)c1cccc(SNc2nc(Cl)cc(-c3ccccc3C)n2)c1. The first-order valence-electron chi connectivity index (χ1n) is 7.78. The maximum atomic E-state index is 11.6. The van der Waals surface area contributed by atoms with Crippen LogP contribution in [-0.2, 0) is 4.74 Å². The number of halogens is 1. The molecule has 0 atom stereocenters. The number of anilines is 1. The predicted octanol–water partition coefficient (Wildman–Crippen LogP) is 5.01. The highest BCUT2D eigenvalue weighted by atomic mass is 35.5. The molecule has 3 aromatic rings. The van der Waals surface area contributed by atoms with E-state index in [1.807, 2.05) is 37.3 Å². The molecule has 0 saturated heterocycles. The molecule has 2 aromatic carbocycles. The van der Waals surface area contributed by atoms with E-state index < -0.39 is 0 Å². The Kier molecular flexibility index (Phi) is 5.75. The van der Waals surface area contributed by atoms with Crippen LogP contribution in [-0.4, -0.2) is 23.0 Å². The zero-order valence-corrected chi connectivity index (χ0v) is 15.8. The van der Waals surface area contributed by atoms with Crippen molar-refractivity contribution in [3.8, 4) is 11.3 Å². The Morgan fingerprint density at radius 2 is 1.92 bits per heavy atom. The fourth-order valence-corrected chi connectivity index (χ4v) is 3.19. The quantitative estimate of drug-likeness (QED) is 0.378. The van der Waals surface area contributed by atoms with Crippen LogP contribution in [0.5, 0.6) is 0 Å². The fraction of sp³-hybridized carbons (Fsp3) is 0.105. The van der Waals surface area contributed by atoms with E-state index in [0.29, 0.717) is 16.7 Å². The van der Waals surface area contributed by atoms with Gasteiger partial charge in [0.05, 0.1) is 18.4 Å². The highest BCUT2D eigenvalue weighted by Gasteiger charge is 2.09. The summed E-state index contributed by atoms with van der Waals surface area (Å²) in [5.74, 6) is 0.0116. The van der Waals surface area contributed by atoms with Crippen molar-refractivity contribution in [3.63, 3.8) is 0 Å². The van der Waals surface area contributed by atoms with Gasteiger partial charge in [-0.1, -0.05) is 41.9 Å². The molecule has 0 fully saturated rings. The summed E-state index contributed by atoms with van der Waals surface area (Å²) in [6.45, 7) is 2.02. The maximum Gasteiger partial charge on any atom is 0.337 e. The van der Waals surface area contributed by atoms with Crippen molar-refractivity contribution in [2.24, 2.45) is 0 Å². The summed E-state index contributed by atoms with van der Waals surface area (Å²) in [5, 5.41) is 0.352. The Morgan fingerprint density at radius 3 is 2.69 bits per heavy atom. The standard InChI is InChI=1S/C19H16ClN3O2S/c1-12-6-3-4-9-15(12)16-11-17(20)22-19(21-16)23-26-14-8-5-7-13(10-14)18(24)25-2/h3-11H,1-2H3,(H,21,22,23). The Balaban J connectivity index is 1.81. The van der Waals surface area contributed by atoms with E-state index in [9.17, 15) is 4.79 Å². The average molecular weight is 386 g/mol. The molecular formula is C19H16ClN3O2S. The molecule has 0 unspecified atom stereocenters. The lowest BCUT2D eigenvalue weighted by Crippen LogP contribution is -2.01. The smallest absolute Gasteiger partial charge is 0.337 e. The van der Waals surface area contributed by atoms with E-state index in [0.717, 1.165) is 21.7 Å². The van der Waals surface area contributed by atoms with E-state index in [4.69, 9.17) is 16.3 Å². The second kappa shape index (κ2) is 8.21. The molecule has 0 aliphatic carbocycles. The van der Waals surface area contributed by atoms with Gasteiger partial charge in [-0.05, 0) is 42.6 Å². The molecule has 3 rings (SSSR count). The molecule has 0 saturated carbocycles. The number of rotatable bonds is 5. The van der Waals surface area contributed by atoms with Gasteiger partial charge in [0.25, 0.3) is 0 Å². The first-order valence-corrected chi connectivity index (χ1v) is 8.98. The summed E-state index contributed by atoms with van der Waals surface area (Å²) in [5.41, 5.74) is 3.32. The zero-order valence-electron chi connectivity index (χ0n) is 14.2. The molecule has 0 aliphatic heterocycles. The lowest BCUT2D eigenvalue weighted by atomic mass is 10.1. The molecule has 0 bridgehead atoms. The topological polar surface area (TPSA) is 64.1 Å². The molecule has 26 heavy (non-hydrogen) atoms. The number of ether oxygens (including phenoxy) is 1. The minimum atomic E-state index is -0.381. The van der Waals surface area contributed by atoms with Gasteiger partial charge in [-0.25, -0.2) is 14.8 Å². The number of aryl methyl sites for hydroxylation is 1. The third kappa shape index (κ3) is 4.33. The van der Waals surface area contributed by atoms with Crippen molar-refractivity contribution in [3.05, 3.63) is 70.9 Å². The lowest BCUT2D eigenvalue weighted by Gasteiger charge is -2.09. The minimum absolute atomic E-state index is 0.352. The van der Waals surface area contributed by atoms with Gasteiger partial charge in [-0.2, -0.15) is 0 Å². The van der Waals surface area contributed by atoms with Crippen LogP contribution >= 0.6 is 23.5 Å². The number of hydrogen-bond donors (Lipinski definition) is 1. The Hall–Kier alpha value is -2.57. The Morgan fingerprint density at radius 1 is 1.12 bits per heavy atom. The van der Waals surface area contributed by atoms with Gasteiger partial charge in [0.2, 0.25) is 5.95 Å². The summed E-state index contributed by atoms with van der Waals surface area (Å²) < 4.78 is 7.81. The molecule has 0 aliphatic rings.